The molecule has 0 aromatic heterocycles. The Balaban J connectivity index is 1.63. The Bertz CT molecular complexity index is 1020. The van der Waals surface area contributed by atoms with Crippen molar-refractivity contribution in [3.8, 4) is 11.5 Å². The van der Waals surface area contributed by atoms with Gasteiger partial charge in [-0.1, -0.05) is 48.0 Å². The monoisotopic (exact) mass is 388 g/mol. The van der Waals surface area contributed by atoms with Crippen LogP contribution in [0, 0.1) is 0 Å². The first kappa shape index (κ1) is 18.3. The van der Waals surface area contributed by atoms with E-state index >= 15 is 0 Å². The van der Waals surface area contributed by atoms with Crippen LogP contribution in [-0.4, -0.2) is 25.8 Å². The van der Waals surface area contributed by atoms with Crippen LogP contribution in [0.5, 0.6) is 11.5 Å². The third kappa shape index (κ3) is 4.10. The van der Waals surface area contributed by atoms with E-state index in [1.165, 1.54) is 5.69 Å². The maximum absolute atomic E-state index is 6.06. The Morgan fingerprint density at radius 1 is 0.929 bits per heavy atom. The van der Waals surface area contributed by atoms with E-state index in [9.17, 15) is 0 Å². The van der Waals surface area contributed by atoms with Crippen LogP contribution in [0.2, 0.25) is 5.02 Å². The highest BCUT2D eigenvalue weighted by Crippen LogP contribution is 2.28. The van der Waals surface area contributed by atoms with Crippen LogP contribution in [0.25, 0.3) is 6.08 Å². The average molecular weight is 389 g/mol. The fraction of sp³-hybridized carbons (Fsp3) is 0.125. The van der Waals surface area contributed by atoms with Gasteiger partial charge in [0.25, 0.3) is 0 Å². The molecule has 0 saturated heterocycles. The van der Waals surface area contributed by atoms with Crippen molar-refractivity contribution in [1.82, 2.24) is 0 Å². The summed E-state index contributed by atoms with van der Waals surface area (Å²) in [5, 5.41) is 0.690. The number of fused-ring (bicyclic) bond motifs is 1. The molecule has 3 aromatic rings. The molecule has 1 aliphatic heterocycles. The minimum absolute atomic E-state index is 0.690. The number of likely N-dealkylation sites (N-methyl/N-ethyl adjacent to an activating group) is 1. The van der Waals surface area contributed by atoms with Crippen LogP contribution in [0.15, 0.2) is 83.9 Å². The van der Waals surface area contributed by atoms with E-state index in [-0.39, 0.29) is 0 Å². The standard InChI is InChI=1S/C24H21ClN2O/c1-27-17-16-26-22(21-7-3-4-8-23(21)27)15-10-18-6-2-5-9-24(18)28-20-13-11-19(25)12-14-20/h2-15H,16-17H2,1H3. The summed E-state index contributed by atoms with van der Waals surface area (Å²) in [6.07, 6.45) is 4.13. The zero-order chi connectivity index (χ0) is 19.3. The first-order valence-electron chi connectivity index (χ1n) is 9.26. The molecule has 0 atom stereocenters. The van der Waals surface area contributed by atoms with Crippen molar-refractivity contribution in [2.24, 2.45) is 4.99 Å². The molecule has 0 radical (unpaired) electrons. The van der Waals surface area contributed by atoms with Crippen molar-refractivity contribution >= 4 is 29.1 Å². The van der Waals surface area contributed by atoms with Gasteiger partial charge in [-0.25, -0.2) is 0 Å². The van der Waals surface area contributed by atoms with Crippen molar-refractivity contribution in [2.45, 2.75) is 0 Å². The maximum atomic E-state index is 6.06. The van der Waals surface area contributed by atoms with Gasteiger partial charge in [-0.05, 0) is 48.6 Å². The van der Waals surface area contributed by atoms with Crippen LogP contribution in [0.3, 0.4) is 0 Å². The van der Waals surface area contributed by atoms with Gasteiger partial charge in [0, 0.05) is 35.4 Å². The highest BCUT2D eigenvalue weighted by Gasteiger charge is 2.13. The van der Waals surface area contributed by atoms with Crippen molar-refractivity contribution in [2.75, 3.05) is 25.0 Å². The number of rotatable bonds is 4. The van der Waals surface area contributed by atoms with Crippen LogP contribution in [0.1, 0.15) is 11.1 Å². The summed E-state index contributed by atoms with van der Waals surface area (Å²) >= 11 is 5.96. The molecule has 1 aliphatic rings. The van der Waals surface area contributed by atoms with Gasteiger partial charge in [0.1, 0.15) is 11.5 Å². The number of hydrogen-bond donors (Lipinski definition) is 0. The molecule has 4 heteroatoms. The van der Waals surface area contributed by atoms with E-state index in [4.69, 9.17) is 21.3 Å². The third-order valence-electron chi connectivity index (χ3n) is 4.69. The molecule has 0 aliphatic carbocycles. The highest BCUT2D eigenvalue weighted by molar-refractivity contribution is 6.30. The topological polar surface area (TPSA) is 24.8 Å². The van der Waals surface area contributed by atoms with Crippen molar-refractivity contribution in [1.29, 1.82) is 0 Å². The largest absolute Gasteiger partial charge is 0.457 e. The van der Waals surface area contributed by atoms with E-state index in [1.54, 1.807) is 0 Å². The minimum Gasteiger partial charge on any atom is -0.457 e. The number of aliphatic imine (C=N–C) groups is 1. The van der Waals surface area contributed by atoms with Gasteiger partial charge in [-0.3, -0.25) is 4.99 Å². The van der Waals surface area contributed by atoms with E-state index in [1.807, 2.05) is 48.5 Å². The van der Waals surface area contributed by atoms with Crippen molar-refractivity contribution in [3.05, 3.63) is 95.0 Å². The molecule has 0 saturated carbocycles. The summed E-state index contributed by atoms with van der Waals surface area (Å²) in [5.41, 5.74) is 4.33. The predicted octanol–water partition coefficient (Wildman–Crippen LogP) is 6.08. The van der Waals surface area contributed by atoms with E-state index in [2.05, 4.69) is 48.4 Å². The zero-order valence-corrected chi connectivity index (χ0v) is 16.4. The molecule has 0 bridgehead atoms. The summed E-state index contributed by atoms with van der Waals surface area (Å²) in [4.78, 5) is 7.03. The number of para-hydroxylation sites is 2. The lowest BCUT2D eigenvalue weighted by atomic mass is 10.1. The van der Waals surface area contributed by atoms with Crippen molar-refractivity contribution < 1.29 is 4.74 Å². The number of hydrogen-bond acceptors (Lipinski definition) is 3. The number of allylic oxidation sites excluding steroid dienone is 1. The van der Waals surface area contributed by atoms with Gasteiger partial charge in [0.05, 0.1) is 12.3 Å². The molecule has 4 rings (SSSR count). The third-order valence-corrected chi connectivity index (χ3v) is 4.94. The van der Waals surface area contributed by atoms with Gasteiger partial charge in [0.2, 0.25) is 0 Å². The van der Waals surface area contributed by atoms with Gasteiger partial charge >= 0.3 is 0 Å². The predicted molar refractivity (Wildman–Crippen MR) is 118 cm³/mol. The normalized spacial score (nSPS) is 13.8. The number of benzene rings is 3. The molecule has 0 fully saturated rings. The summed E-state index contributed by atoms with van der Waals surface area (Å²) in [7, 11) is 2.11. The minimum atomic E-state index is 0.690. The lowest BCUT2D eigenvalue weighted by molar-refractivity contribution is 0.481. The summed E-state index contributed by atoms with van der Waals surface area (Å²) in [5.74, 6) is 1.55. The zero-order valence-electron chi connectivity index (χ0n) is 15.7. The molecule has 1 heterocycles. The van der Waals surface area contributed by atoms with Gasteiger partial charge in [-0.15, -0.1) is 0 Å². The Hall–Kier alpha value is -3.04. The van der Waals surface area contributed by atoms with E-state index in [0.29, 0.717) is 5.02 Å². The molecule has 140 valence electrons. The molecular formula is C24H21ClN2O. The maximum Gasteiger partial charge on any atom is 0.134 e. The van der Waals surface area contributed by atoms with Crippen LogP contribution >= 0.6 is 11.6 Å². The lowest BCUT2D eigenvalue weighted by Crippen LogP contribution is -2.20. The van der Waals surface area contributed by atoms with E-state index in [0.717, 1.165) is 41.4 Å². The number of benzodiazepines with no additional fused rings is 1. The SMILES string of the molecule is CN1CCN=C(C=Cc2ccccc2Oc2ccc(Cl)cc2)c2ccccc21. The second-order valence-electron chi connectivity index (χ2n) is 6.63. The Kier molecular flexibility index (Phi) is 5.45. The van der Waals surface area contributed by atoms with Crippen LogP contribution in [-0.2, 0) is 0 Å². The first-order valence-corrected chi connectivity index (χ1v) is 9.64. The Labute approximate surface area is 170 Å². The fourth-order valence-electron chi connectivity index (χ4n) is 3.20. The van der Waals surface area contributed by atoms with Crippen molar-refractivity contribution in [3.63, 3.8) is 0 Å². The summed E-state index contributed by atoms with van der Waals surface area (Å²) < 4.78 is 6.06. The lowest BCUT2D eigenvalue weighted by Gasteiger charge is -2.18. The molecule has 0 unspecified atom stereocenters. The van der Waals surface area contributed by atoms with Gasteiger partial charge in [0.15, 0.2) is 0 Å². The molecule has 3 aromatic carbocycles. The second-order valence-corrected chi connectivity index (χ2v) is 7.07. The Morgan fingerprint density at radius 3 is 2.54 bits per heavy atom. The van der Waals surface area contributed by atoms with E-state index < -0.39 is 0 Å². The van der Waals surface area contributed by atoms with Gasteiger partial charge in [-0.2, -0.15) is 0 Å². The number of halogens is 1. The fourth-order valence-corrected chi connectivity index (χ4v) is 3.33. The second kappa shape index (κ2) is 8.32. The molecule has 28 heavy (non-hydrogen) atoms. The molecule has 3 nitrogen and oxygen atoms in total. The molecular weight excluding hydrogens is 368 g/mol. The number of anilines is 1. The number of nitrogens with zero attached hydrogens (tertiary/aromatic N) is 2. The van der Waals surface area contributed by atoms with Gasteiger partial charge < -0.3 is 9.64 Å². The molecule has 0 spiro atoms. The van der Waals surface area contributed by atoms with Crippen LogP contribution < -0.4 is 9.64 Å². The summed E-state index contributed by atoms with van der Waals surface area (Å²) in [6.45, 7) is 1.68. The summed E-state index contributed by atoms with van der Waals surface area (Å²) in [6, 6.07) is 23.7. The average Bonchev–Trinajstić information content (AvgIpc) is 2.88. The smallest absolute Gasteiger partial charge is 0.134 e. The highest BCUT2D eigenvalue weighted by atomic mass is 35.5. The first-order chi connectivity index (χ1) is 13.7. The Morgan fingerprint density at radius 2 is 1.68 bits per heavy atom. The molecule has 0 amide bonds. The number of ether oxygens (including phenoxy) is 1. The quantitative estimate of drug-likeness (QED) is 0.540. The van der Waals surface area contributed by atoms with Crippen LogP contribution in [0.4, 0.5) is 5.69 Å². The molecule has 0 N–H and O–H groups in total.